The maximum atomic E-state index is 8.86. The van der Waals surface area contributed by atoms with E-state index in [0.717, 1.165) is 0 Å². The van der Waals surface area contributed by atoms with Crippen LogP contribution < -0.4 is 5.32 Å². The van der Waals surface area contributed by atoms with Gasteiger partial charge in [-0.2, -0.15) is 0 Å². The summed E-state index contributed by atoms with van der Waals surface area (Å²) in [5.74, 6) is 0. The average molecular weight is 201 g/mol. The van der Waals surface area contributed by atoms with E-state index in [1.54, 1.807) is 0 Å². The predicted octanol–water partition coefficient (Wildman–Crippen LogP) is 2.71. The number of hydrogen-bond donors (Lipinski definition) is 2. The molecular weight excluding hydrogens is 174 g/mol. The minimum atomic E-state index is 0.236. The summed E-state index contributed by atoms with van der Waals surface area (Å²) in [6, 6.07) is 0.777. The number of nitrogens with one attached hydrogen (secondary N) is 1. The Kier molecular flexibility index (Phi) is 9.42. The molecule has 0 aromatic carbocycles. The van der Waals surface area contributed by atoms with Gasteiger partial charge in [0.15, 0.2) is 0 Å². The van der Waals surface area contributed by atoms with Gasteiger partial charge in [-0.3, -0.25) is 0 Å². The van der Waals surface area contributed by atoms with Gasteiger partial charge in [0, 0.05) is 12.1 Å². The second kappa shape index (κ2) is 9.47. The van der Waals surface area contributed by atoms with E-state index in [0.29, 0.717) is 6.04 Å². The van der Waals surface area contributed by atoms with Crippen molar-refractivity contribution in [3.8, 4) is 0 Å². The largest absolute Gasteiger partial charge is 0.395 e. The molecular formula is C12H27NO. The molecule has 0 heterocycles. The Morgan fingerprint density at radius 2 is 1.64 bits per heavy atom. The Balaban J connectivity index is 3.22. The highest BCUT2D eigenvalue weighted by Crippen LogP contribution is 2.07. The van der Waals surface area contributed by atoms with Crippen molar-refractivity contribution in [2.24, 2.45) is 0 Å². The standard InChI is InChI=1S/C12H27NO/c1-4-5-6-7-8-9-11(2)13-12(3)10-14/h11-14H,4-10H2,1-3H3/t11?,12-/m1/s1. The van der Waals surface area contributed by atoms with Gasteiger partial charge in [-0.05, 0) is 20.3 Å². The third kappa shape index (κ3) is 8.52. The van der Waals surface area contributed by atoms with Crippen molar-refractivity contribution in [1.29, 1.82) is 0 Å². The Hall–Kier alpha value is -0.0800. The first-order chi connectivity index (χ1) is 6.70. The van der Waals surface area contributed by atoms with Crippen molar-refractivity contribution in [2.75, 3.05) is 6.61 Å². The van der Waals surface area contributed by atoms with E-state index in [1.165, 1.54) is 38.5 Å². The van der Waals surface area contributed by atoms with E-state index in [-0.39, 0.29) is 12.6 Å². The molecule has 0 aliphatic carbocycles. The Labute approximate surface area is 89.1 Å². The highest BCUT2D eigenvalue weighted by atomic mass is 16.3. The van der Waals surface area contributed by atoms with Crippen molar-refractivity contribution in [2.45, 2.75) is 71.4 Å². The van der Waals surface area contributed by atoms with E-state index in [9.17, 15) is 0 Å². The highest BCUT2D eigenvalue weighted by molar-refractivity contribution is 4.66. The van der Waals surface area contributed by atoms with E-state index in [4.69, 9.17) is 5.11 Å². The minimum absolute atomic E-state index is 0.236. The molecule has 0 amide bonds. The maximum absolute atomic E-state index is 8.86. The molecule has 0 saturated carbocycles. The van der Waals surface area contributed by atoms with Gasteiger partial charge in [0.1, 0.15) is 0 Å². The van der Waals surface area contributed by atoms with Crippen LogP contribution in [0.1, 0.15) is 59.3 Å². The molecule has 2 atom stereocenters. The second-order valence-corrected chi connectivity index (χ2v) is 4.35. The molecule has 0 bridgehead atoms. The molecule has 2 heteroatoms. The first kappa shape index (κ1) is 13.9. The molecule has 86 valence electrons. The van der Waals surface area contributed by atoms with Gasteiger partial charge in [0.05, 0.1) is 6.61 Å². The number of rotatable bonds is 9. The van der Waals surface area contributed by atoms with Crippen LogP contribution in [0.5, 0.6) is 0 Å². The topological polar surface area (TPSA) is 32.3 Å². The zero-order chi connectivity index (χ0) is 10.8. The molecule has 0 aromatic heterocycles. The monoisotopic (exact) mass is 201 g/mol. The van der Waals surface area contributed by atoms with Crippen molar-refractivity contribution >= 4 is 0 Å². The van der Waals surface area contributed by atoms with Crippen LogP contribution in [0.2, 0.25) is 0 Å². The summed E-state index contributed by atoms with van der Waals surface area (Å²) in [6.07, 6.45) is 7.96. The van der Waals surface area contributed by atoms with E-state index < -0.39 is 0 Å². The quantitative estimate of drug-likeness (QED) is 0.562. The number of hydrogen-bond acceptors (Lipinski definition) is 2. The van der Waals surface area contributed by atoms with Crippen molar-refractivity contribution in [3.05, 3.63) is 0 Å². The summed E-state index contributed by atoms with van der Waals surface area (Å²) in [5, 5.41) is 12.2. The van der Waals surface area contributed by atoms with Gasteiger partial charge in [0.25, 0.3) is 0 Å². The number of unbranched alkanes of at least 4 members (excludes halogenated alkanes) is 4. The number of aliphatic hydroxyl groups is 1. The Morgan fingerprint density at radius 3 is 2.21 bits per heavy atom. The molecule has 0 spiro atoms. The zero-order valence-corrected chi connectivity index (χ0v) is 10.1. The van der Waals surface area contributed by atoms with Crippen molar-refractivity contribution < 1.29 is 5.11 Å². The van der Waals surface area contributed by atoms with Gasteiger partial charge in [-0.25, -0.2) is 0 Å². The lowest BCUT2D eigenvalue weighted by Crippen LogP contribution is -2.36. The normalized spacial score (nSPS) is 15.4. The van der Waals surface area contributed by atoms with Crippen molar-refractivity contribution in [1.82, 2.24) is 5.32 Å². The van der Waals surface area contributed by atoms with Crippen LogP contribution in [-0.2, 0) is 0 Å². The summed E-state index contributed by atoms with van der Waals surface area (Å²) in [6.45, 7) is 6.70. The van der Waals surface area contributed by atoms with Crippen LogP contribution in [0, 0.1) is 0 Å². The van der Waals surface area contributed by atoms with Crippen LogP contribution >= 0.6 is 0 Å². The molecule has 0 saturated heterocycles. The fourth-order valence-corrected chi connectivity index (χ4v) is 1.68. The molecule has 0 aliphatic heterocycles. The second-order valence-electron chi connectivity index (χ2n) is 4.35. The molecule has 14 heavy (non-hydrogen) atoms. The molecule has 0 radical (unpaired) electrons. The molecule has 0 aromatic rings. The number of aliphatic hydroxyl groups excluding tert-OH is 1. The average Bonchev–Trinajstić information content (AvgIpc) is 2.17. The first-order valence-electron chi connectivity index (χ1n) is 6.07. The van der Waals surface area contributed by atoms with Gasteiger partial charge >= 0.3 is 0 Å². The van der Waals surface area contributed by atoms with Gasteiger partial charge < -0.3 is 10.4 Å². The van der Waals surface area contributed by atoms with Crippen LogP contribution in [0.15, 0.2) is 0 Å². The van der Waals surface area contributed by atoms with Gasteiger partial charge in [-0.1, -0.05) is 39.0 Å². The molecule has 2 N–H and O–H groups in total. The molecule has 0 rings (SSSR count). The SMILES string of the molecule is CCCCCCCC(C)N[C@H](C)CO. The predicted molar refractivity (Wildman–Crippen MR) is 62.5 cm³/mol. The molecule has 0 aliphatic rings. The Morgan fingerprint density at radius 1 is 1.00 bits per heavy atom. The summed E-state index contributed by atoms with van der Waals surface area (Å²) in [5.41, 5.74) is 0. The Bertz CT molecular complexity index is 117. The summed E-state index contributed by atoms with van der Waals surface area (Å²) >= 11 is 0. The molecule has 0 fully saturated rings. The van der Waals surface area contributed by atoms with E-state index in [1.807, 2.05) is 6.92 Å². The van der Waals surface area contributed by atoms with Crippen molar-refractivity contribution in [3.63, 3.8) is 0 Å². The van der Waals surface area contributed by atoms with Crippen LogP contribution in [0.3, 0.4) is 0 Å². The van der Waals surface area contributed by atoms with E-state index in [2.05, 4.69) is 19.2 Å². The van der Waals surface area contributed by atoms with Crippen LogP contribution in [-0.4, -0.2) is 23.8 Å². The molecule has 2 nitrogen and oxygen atoms in total. The van der Waals surface area contributed by atoms with Crippen LogP contribution in [0.25, 0.3) is 0 Å². The highest BCUT2D eigenvalue weighted by Gasteiger charge is 2.05. The van der Waals surface area contributed by atoms with Gasteiger partial charge in [0.2, 0.25) is 0 Å². The summed E-state index contributed by atoms with van der Waals surface area (Å²) in [4.78, 5) is 0. The lowest BCUT2D eigenvalue weighted by atomic mass is 10.1. The lowest BCUT2D eigenvalue weighted by Gasteiger charge is -2.17. The molecule has 1 unspecified atom stereocenters. The lowest BCUT2D eigenvalue weighted by molar-refractivity contribution is 0.240. The summed E-state index contributed by atoms with van der Waals surface area (Å²) in [7, 11) is 0. The third-order valence-corrected chi connectivity index (χ3v) is 2.58. The van der Waals surface area contributed by atoms with Gasteiger partial charge in [-0.15, -0.1) is 0 Å². The third-order valence-electron chi connectivity index (χ3n) is 2.58. The zero-order valence-electron chi connectivity index (χ0n) is 10.1. The first-order valence-corrected chi connectivity index (χ1v) is 6.07. The maximum Gasteiger partial charge on any atom is 0.0582 e. The minimum Gasteiger partial charge on any atom is -0.395 e. The summed E-state index contributed by atoms with van der Waals surface area (Å²) < 4.78 is 0. The fourth-order valence-electron chi connectivity index (χ4n) is 1.68. The smallest absolute Gasteiger partial charge is 0.0582 e. The fraction of sp³-hybridized carbons (Fsp3) is 1.00. The van der Waals surface area contributed by atoms with Crippen LogP contribution in [0.4, 0.5) is 0 Å². The van der Waals surface area contributed by atoms with E-state index >= 15 is 0 Å².